The molecule has 2 atom stereocenters. The smallest absolute Gasteiger partial charge is 0.159 e. The van der Waals surface area contributed by atoms with Crippen LogP contribution in [0, 0.1) is 10.8 Å². The molecule has 39 heavy (non-hydrogen) atoms. The van der Waals surface area contributed by atoms with Crippen LogP contribution in [-0.2, 0) is 11.2 Å². The van der Waals surface area contributed by atoms with Crippen molar-refractivity contribution in [3.05, 3.63) is 84.5 Å². The molecular weight excluding hydrogens is 484 g/mol. The molecule has 4 nitrogen and oxygen atoms in total. The molecule has 2 saturated carbocycles. The highest BCUT2D eigenvalue weighted by Gasteiger charge is 2.63. The lowest BCUT2D eigenvalue weighted by molar-refractivity contribution is -0.171. The molecular formula is C35H48O4. The van der Waals surface area contributed by atoms with Crippen molar-refractivity contribution in [2.45, 2.75) is 114 Å². The van der Waals surface area contributed by atoms with Crippen molar-refractivity contribution in [3.63, 3.8) is 0 Å². The van der Waals surface area contributed by atoms with E-state index < -0.39 is 27.6 Å². The normalized spacial score (nSPS) is 29.4. The Morgan fingerprint density at radius 1 is 0.718 bits per heavy atom. The molecule has 4 aliphatic rings. The van der Waals surface area contributed by atoms with Crippen molar-refractivity contribution >= 4 is 5.78 Å². The van der Waals surface area contributed by atoms with Gasteiger partial charge in [-0.2, -0.15) is 0 Å². The van der Waals surface area contributed by atoms with E-state index in [1.807, 2.05) is 92.8 Å². The zero-order valence-electron chi connectivity index (χ0n) is 23.9. The van der Waals surface area contributed by atoms with E-state index in [2.05, 4.69) is 0 Å². The number of hydrogen-bond acceptors (Lipinski definition) is 4. The lowest BCUT2D eigenvalue weighted by Crippen LogP contribution is -2.63. The number of rotatable bonds is 6. The molecule has 212 valence electrons. The van der Waals surface area contributed by atoms with E-state index >= 15 is 0 Å². The average molecular weight is 533 g/mol. The lowest BCUT2D eigenvalue weighted by Gasteiger charge is -2.55. The third kappa shape index (κ3) is 6.24. The molecule has 5 rings (SSSR count). The second-order valence-electron chi connectivity index (χ2n) is 12.9. The molecule has 0 bridgehead atoms. The quantitative estimate of drug-likeness (QED) is 0.370. The minimum absolute atomic E-state index is 0.0231. The second-order valence-corrected chi connectivity index (χ2v) is 12.9. The van der Waals surface area contributed by atoms with Gasteiger partial charge in [-0.25, -0.2) is 0 Å². The fraction of sp³-hybridized carbons (Fsp3) is 0.571. The largest absolute Gasteiger partial charge is 0.390 e. The first-order valence-corrected chi connectivity index (χ1v) is 15.0. The molecule has 2 fully saturated rings. The van der Waals surface area contributed by atoms with Crippen LogP contribution in [0.25, 0.3) is 0 Å². The number of carbonyl (C=O) groups is 1. The molecule has 0 spiro atoms. The Hall–Kier alpha value is -2.27. The first-order valence-electron chi connectivity index (χ1n) is 15.0. The van der Waals surface area contributed by atoms with Gasteiger partial charge >= 0.3 is 0 Å². The summed E-state index contributed by atoms with van der Waals surface area (Å²) >= 11 is 0. The molecule has 0 heterocycles. The van der Waals surface area contributed by atoms with Gasteiger partial charge in [0.05, 0.1) is 27.6 Å². The van der Waals surface area contributed by atoms with E-state index in [-0.39, 0.29) is 5.78 Å². The van der Waals surface area contributed by atoms with E-state index in [4.69, 9.17) is 0 Å². The van der Waals surface area contributed by atoms with E-state index in [1.165, 1.54) is 5.56 Å². The van der Waals surface area contributed by atoms with E-state index in [0.717, 1.165) is 38.5 Å². The average Bonchev–Trinajstić information content (AvgIpc) is 2.94. The van der Waals surface area contributed by atoms with E-state index in [0.29, 0.717) is 44.9 Å². The summed E-state index contributed by atoms with van der Waals surface area (Å²) in [5.74, 6) is 0.0231. The fourth-order valence-electron chi connectivity index (χ4n) is 7.35. The monoisotopic (exact) mass is 532 g/mol. The van der Waals surface area contributed by atoms with Crippen molar-refractivity contribution in [1.82, 2.24) is 0 Å². The maximum absolute atomic E-state index is 14.5. The van der Waals surface area contributed by atoms with Gasteiger partial charge in [0.15, 0.2) is 5.78 Å². The van der Waals surface area contributed by atoms with Gasteiger partial charge in [-0.3, -0.25) is 4.79 Å². The number of Topliss-reactive ketones (excluding diaryl/α,β-unsaturated/α-hetero) is 1. The first-order chi connectivity index (χ1) is 18.6. The Labute approximate surface area is 235 Å². The fourth-order valence-corrected chi connectivity index (χ4v) is 7.35. The van der Waals surface area contributed by atoms with Crippen LogP contribution in [-0.4, -0.2) is 37.9 Å². The van der Waals surface area contributed by atoms with Crippen molar-refractivity contribution in [1.29, 1.82) is 0 Å². The highest BCUT2D eigenvalue weighted by atomic mass is 16.3. The van der Waals surface area contributed by atoms with Gasteiger partial charge in [-0.1, -0.05) is 117 Å². The Kier molecular flexibility index (Phi) is 9.20. The summed E-state index contributed by atoms with van der Waals surface area (Å²) < 4.78 is 0. The third-order valence-electron chi connectivity index (χ3n) is 9.45. The summed E-state index contributed by atoms with van der Waals surface area (Å²) in [7, 11) is 0. The highest BCUT2D eigenvalue weighted by molar-refractivity contribution is 5.97. The molecule has 0 amide bonds. The first kappa shape index (κ1) is 29.7. The molecule has 0 saturated heterocycles. The van der Waals surface area contributed by atoms with Crippen LogP contribution in [0.1, 0.15) is 96.5 Å². The van der Waals surface area contributed by atoms with Gasteiger partial charge in [0.2, 0.25) is 0 Å². The number of benzene rings is 1. The summed E-state index contributed by atoms with van der Waals surface area (Å²) in [6.45, 7) is 3.64. The van der Waals surface area contributed by atoms with Gasteiger partial charge in [0, 0.05) is 6.42 Å². The molecule has 0 aliphatic heterocycles. The predicted octanol–water partition coefficient (Wildman–Crippen LogP) is 6.95. The van der Waals surface area contributed by atoms with Crippen LogP contribution < -0.4 is 0 Å². The second kappa shape index (κ2) is 12.1. The zero-order chi connectivity index (χ0) is 28.0. The van der Waals surface area contributed by atoms with Crippen LogP contribution in [0.2, 0.25) is 0 Å². The maximum Gasteiger partial charge on any atom is 0.159 e. The Balaban J connectivity index is 0.000000270. The molecule has 3 N–H and O–H groups in total. The van der Waals surface area contributed by atoms with Crippen LogP contribution in [0.5, 0.6) is 0 Å². The number of carbonyl (C=O) groups excluding carboxylic acids is 1. The maximum atomic E-state index is 14.5. The molecule has 1 aromatic carbocycles. The van der Waals surface area contributed by atoms with Gasteiger partial charge in [-0.15, -0.1) is 0 Å². The predicted molar refractivity (Wildman–Crippen MR) is 158 cm³/mol. The molecule has 1 aromatic rings. The Morgan fingerprint density at radius 3 is 1.51 bits per heavy atom. The molecule has 2 unspecified atom stereocenters. The summed E-state index contributed by atoms with van der Waals surface area (Å²) in [6, 6.07) is 10.0. The van der Waals surface area contributed by atoms with Gasteiger partial charge in [-0.05, 0) is 57.9 Å². The van der Waals surface area contributed by atoms with E-state index in [1.54, 1.807) is 0 Å². The van der Waals surface area contributed by atoms with Crippen molar-refractivity contribution in [2.75, 3.05) is 0 Å². The zero-order valence-corrected chi connectivity index (χ0v) is 23.9. The SMILES string of the molecule is CC(C)(O)Cc1ccccc1.O=C(C1(C2(O)CCCCC2)C=CC=CC1)C1(C2(O)CCCCC2)C=CC=CC1. The van der Waals surface area contributed by atoms with Crippen LogP contribution >= 0.6 is 0 Å². The summed E-state index contributed by atoms with van der Waals surface area (Å²) in [5.41, 5.74) is -3.38. The number of allylic oxidation sites excluding steroid dienone is 6. The van der Waals surface area contributed by atoms with Gasteiger partial charge in [0.1, 0.15) is 0 Å². The Morgan fingerprint density at radius 2 is 1.15 bits per heavy atom. The summed E-state index contributed by atoms with van der Waals surface area (Å²) in [4.78, 5) is 14.5. The number of aliphatic hydroxyl groups is 3. The van der Waals surface area contributed by atoms with Gasteiger partial charge in [0.25, 0.3) is 0 Å². The molecule has 4 aliphatic carbocycles. The molecule has 0 aromatic heterocycles. The van der Waals surface area contributed by atoms with Crippen LogP contribution in [0.15, 0.2) is 78.9 Å². The van der Waals surface area contributed by atoms with E-state index in [9.17, 15) is 20.1 Å². The molecule has 4 heteroatoms. The summed E-state index contributed by atoms with van der Waals surface area (Å²) in [6.07, 6.45) is 26.2. The van der Waals surface area contributed by atoms with Crippen molar-refractivity contribution in [3.8, 4) is 0 Å². The molecule has 0 radical (unpaired) electrons. The van der Waals surface area contributed by atoms with Gasteiger partial charge < -0.3 is 15.3 Å². The third-order valence-corrected chi connectivity index (χ3v) is 9.45. The van der Waals surface area contributed by atoms with Crippen LogP contribution in [0.3, 0.4) is 0 Å². The van der Waals surface area contributed by atoms with Crippen LogP contribution in [0.4, 0.5) is 0 Å². The minimum atomic E-state index is -1.03. The minimum Gasteiger partial charge on any atom is -0.390 e. The summed E-state index contributed by atoms with van der Waals surface area (Å²) in [5, 5.41) is 33.1. The number of hydrogen-bond donors (Lipinski definition) is 3. The lowest BCUT2D eigenvalue weighted by atomic mass is 9.50. The highest BCUT2D eigenvalue weighted by Crippen LogP contribution is 2.57. The van der Waals surface area contributed by atoms with Crippen molar-refractivity contribution < 1.29 is 20.1 Å². The topological polar surface area (TPSA) is 77.8 Å². The van der Waals surface area contributed by atoms with Crippen molar-refractivity contribution in [2.24, 2.45) is 10.8 Å². The Bertz CT molecular complexity index is 1020. The standard InChI is InChI=1S/C25H34O3.C10H14O/c26-21(22(13-5-1-6-14-22)24(27)17-9-3-10-18-24)23(15-7-2-8-16-23)25(28)19-11-4-12-20-25;1-10(2,11)8-9-6-4-3-5-7-9/h1-2,5-8,13,15,27-28H,3-4,9-12,14,16-20H2;3-7,11H,8H2,1-2H3. The number of ketones is 1.